The zero-order valence-corrected chi connectivity index (χ0v) is 8.95. The van der Waals surface area contributed by atoms with E-state index in [0.717, 1.165) is 6.92 Å². The van der Waals surface area contributed by atoms with Gasteiger partial charge in [0.1, 0.15) is 0 Å². The Kier molecular flexibility index (Phi) is 5.88. The van der Waals surface area contributed by atoms with Gasteiger partial charge in [0.05, 0.1) is 13.2 Å². The zero-order valence-electron chi connectivity index (χ0n) is 8.95. The molecule has 0 bridgehead atoms. The van der Waals surface area contributed by atoms with Crippen molar-refractivity contribution in [2.45, 2.75) is 25.9 Å². The molecular weight excluding hydrogens is 202 g/mol. The van der Waals surface area contributed by atoms with Crippen LogP contribution in [0.3, 0.4) is 0 Å². The van der Waals surface area contributed by atoms with E-state index in [9.17, 15) is 14.7 Å². The van der Waals surface area contributed by atoms with Crippen LogP contribution in [0.15, 0.2) is 0 Å². The molecule has 0 aliphatic heterocycles. The summed E-state index contributed by atoms with van der Waals surface area (Å²) in [5, 5.41) is 20.1. The maximum absolute atomic E-state index is 11.1. The van der Waals surface area contributed by atoms with Gasteiger partial charge in [-0.15, -0.1) is 0 Å². The lowest BCUT2D eigenvalue weighted by atomic mass is 10.1. The maximum Gasteiger partial charge on any atom is 0.337 e. The van der Waals surface area contributed by atoms with E-state index in [4.69, 9.17) is 9.84 Å². The van der Waals surface area contributed by atoms with Gasteiger partial charge in [0, 0.05) is 13.0 Å². The Bertz CT molecular complexity index is 227. The number of carbonyl (C=O) groups excluding carboxylic acids is 1. The molecule has 0 saturated carbocycles. The fraction of sp³-hybridized carbons (Fsp3) is 0.778. The minimum absolute atomic E-state index is 0.156. The first-order valence-corrected chi connectivity index (χ1v) is 4.70. The predicted octanol–water partition coefficient (Wildman–Crippen LogP) is -0.635. The average Bonchev–Trinajstić information content (AvgIpc) is 2.15. The van der Waals surface area contributed by atoms with Gasteiger partial charge in [0.15, 0.2) is 5.60 Å². The molecule has 1 unspecified atom stereocenters. The number of rotatable bonds is 7. The molecule has 0 rings (SSSR count). The van der Waals surface area contributed by atoms with E-state index in [1.54, 1.807) is 0 Å². The Morgan fingerprint density at radius 2 is 2.07 bits per heavy atom. The number of carboxylic acid groups (broad SMARTS) is 1. The third kappa shape index (κ3) is 6.03. The average molecular weight is 219 g/mol. The molecule has 1 amide bonds. The summed E-state index contributed by atoms with van der Waals surface area (Å²) < 4.78 is 4.94. The first-order valence-electron chi connectivity index (χ1n) is 4.70. The highest BCUT2D eigenvalue weighted by molar-refractivity contribution is 5.80. The molecule has 3 N–H and O–H groups in total. The third-order valence-corrected chi connectivity index (χ3v) is 1.77. The van der Waals surface area contributed by atoms with E-state index in [1.165, 1.54) is 0 Å². The van der Waals surface area contributed by atoms with E-state index in [0.29, 0.717) is 6.61 Å². The summed E-state index contributed by atoms with van der Waals surface area (Å²) in [6.45, 7) is 3.44. The second-order valence-electron chi connectivity index (χ2n) is 3.30. The number of ether oxygens (including phenoxy) is 1. The molecule has 6 heteroatoms. The number of aliphatic hydroxyl groups is 1. The highest BCUT2D eigenvalue weighted by Crippen LogP contribution is 2.00. The Hall–Kier alpha value is -1.14. The Labute approximate surface area is 88.2 Å². The SMILES string of the molecule is CCOCCC(=O)NCC(C)(O)C(=O)O. The van der Waals surface area contributed by atoms with Crippen molar-refractivity contribution in [2.24, 2.45) is 0 Å². The standard InChI is InChI=1S/C9H17NO5/c1-3-15-5-4-7(11)10-6-9(2,14)8(12)13/h14H,3-6H2,1-2H3,(H,10,11)(H,12,13). The molecule has 15 heavy (non-hydrogen) atoms. The maximum atomic E-state index is 11.1. The van der Waals surface area contributed by atoms with Crippen LogP contribution in [0, 0.1) is 0 Å². The summed E-state index contributed by atoms with van der Waals surface area (Å²) in [4.78, 5) is 21.6. The van der Waals surface area contributed by atoms with Crippen LogP contribution in [-0.2, 0) is 14.3 Å². The van der Waals surface area contributed by atoms with Crippen LogP contribution in [-0.4, -0.2) is 47.4 Å². The molecule has 88 valence electrons. The van der Waals surface area contributed by atoms with Crippen molar-refractivity contribution in [1.29, 1.82) is 0 Å². The van der Waals surface area contributed by atoms with Gasteiger partial charge in [0.25, 0.3) is 0 Å². The van der Waals surface area contributed by atoms with Crippen molar-refractivity contribution in [3.8, 4) is 0 Å². The third-order valence-electron chi connectivity index (χ3n) is 1.77. The van der Waals surface area contributed by atoms with Gasteiger partial charge < -0.3 is 20.3 Å². The molecule has 0 aliphatic carbocycles. The van der Waals surface area contributed by atoms with Crippen LogP contribution in [0.25, 0.3) is 0 Å². The molecule has 1 atom stereocenters. The number of nitrogens with one attached hydrogen (secondary N) is 1. The molecule has 0 aliphatic rings. The fourth-order valence-corrected chi connectivity index (χ4v) is 0.744. The molecule has 0 fully saturated rings. The van der Waals surface area contributed by atoms with E-state index in [2.05, 4.69) is 5.32 Å². The van der Waals surface area contributed by atoms with E-state index >= 15 is 0 Å². The van der Waals surface area contributed by atoms with E-state index < -0.39 is 11.6 Å². The topological polar surface area (TPSA) is 95.9 Å². The van der Waals surface area contributed by atoms with Crippen LogP contribution in [0.4, 0.5) is 0 Å². The Balaban J connectivity index is 3.75. The molecule has 0 aromatic heterocycles. The van der Waals surface area contributed by atoms with Gasteiger partial charge in [0.2, 0.25) is 5.91 Å². The van der Waals surface area contributed by atoms with Gasteiger partial charge in [-0.1, -0.05) is 0 Å². The lowest BCUT2D eigenvalue weighted by Crippen LogP contribution is -2.46. The van der Waals surface area contributed by atoms with Gasteiger partial charge in [-0.05, 0) is 13.8 Å². The van der Waals surface area contributed by atoms with Crippen molar-refractivity contribution < 1.29 is 24.5 Å². The molecule has 6 nitrogen and oxygen atoms in total. The van der Waals surface area contributed by atoms with Crippen molar-refractivity contribution in [1.82, 2.24) is 5.32 Å². The molecule has 0 radical (unpaired) electrons. The first kappa shape index (κ1) is 13.9. The van der Waals surface area contributed by atoms with Crippen molar-refractivity contribution in [3.63, 3.8) is 0 Å². The summed E-state index contributed by atoms with van der Waals surface area (Å²) in [5.74, 6) is -1.71. The van der Waals surface area contributed by atoms with Crippen molar-refractivity contribution in [3.05, 3.63) is 0 Å². The molecule has 0 saturated heterocycles. The number of hydrogen-bond donors (Lipinski definition) is 3. The van der Waals surface area contributed by atoms with Crippen LogP contribution in [0.2, 0.25) is 0 Å². The number of hydrogen-bond acceptors (Lipinski definition) is 4. The number of carbonyl (C=O) groups is 2. The van der Waals surface area contributed by atoms with E-state index in [-0.39, 0.29) is 25.5 Å². The highest BCUT2D eigenvalue weighted by Gasteiger charge is 2.29. The van der Waals surface area contributed by atoms with Crippen LogP contribution in [0.5, 0.6) is 0 Å². The largest absolute Gasteiger partial charge is 0.479 e. The van der Waals surface area contributed by atoms with Crippen LogP contribution in [0.1, 0.15) is 20.3 Å². The minimum Gasteiger partial charge on any atom is -0.479 e. The van der Waals surface area contributed by atoms with Gasteiger partial charge >= 0.3 is 5.97 Å². The molecule has 0 spiro atoms. The smallest absolute Gasteiger partial charge is 0.337 e. The van der Waals surface area contributed by atoms with Gasteiger partial charge in [-0.2, -0.15) is 0 Å². The molecule has 0 aromatic rings. The summed E-state index contributed by atoms with van der Waals surface area (Å²) in [5.41, 5.74) is -1.93. The lowest BCUT2D eigenvalue weighted by molar-refractivity contribution is -0.156. The fourth-order valence-electron chi connectivity index (χ4n) is 0.744. The molecular formula is C9H17NO5. The summed E-state index contributed by atoms with van der Waals surface area (Å²) in [6.07, 6.45) is 0.156. The first-order chi connectivity index (χ1) is 6.90. The zero-order chi connectivity index (χ0) is 11.9. The van der Waals surface area contributed by atoms with Gasteiger partial charge in [-0.25, -0.2) is 4.79 Å². The summed E-state index contributed by atoms with van der Waals surface area (Å²) >= 11 is 0. The summed E-state index contributed by atoms with van der Waals surface area (Å²) in [7, 11) is 0. The number of aliphatic carboxylic acids is 1. The van der Waals surface area contributed by atoms with Gasteiger partial charge in [-0.3, -0.25) is 4.79 Å². The van der Waals surface area contributed by atoms with Crippen LogP contribution < -0.4 is 5.32 Å². The highest BCUT2D eigenvalue weighted by atomic mass is 16.5. The van der Waals surface area contributed by atoms with E-state index in [1.807, 2.05) is 6.92 Å². The molecule has 0 aromatic carbocycles. The normalized spacial score (nSPS) is 14.3. The van der Waals surface area contributed by atoms with Crippen molar-refractivity contribution >= 4 is 11.9 Å². The number of amides is 1. The van der Waals surface area contributed by atoms with Crippen molar-refractivity contribution in [2.75, 3.05) is 19.8 Å². The monoisotopic (exact) mass is 219 g/mol. The second-order valence-corrected chi connectivity index (χ2v) is 3.30. The molecule has 0 heterocycles. The predicted molar refractivity (Wildman–Crippen MR) is 52.4 cm³/mol. The second kappa shape index (κ2) is 6.36. The minimum atomic E-state index is -1.93. The Morgan fingerprint density at radius 1 is 1.47 bits per heavy atom. The Morgan fingerprint density at radius 3 is 2.53 bits per heavy atom. The summed E-state index contributed by atoms with van der Waals surface area (Å²) in [6, 6.07) is 0. The van der Waals surface area contributed by atoms with Crippen LogP contribution >= 0.6 is 0 Å². The number of carboxylic acids is 1. The quantitative estimate of drug-likeness (QED) is 0.495. The lowest BCUT2D eigenvalue weighted by Gasteiger charge is -2.18.